The fourth-order valence-electron chi connectivity index (χ4n) is 1.81. The highest BCUT2D eigenvalue weighted by Crippen LogP contribution is 2.17. The molecule has 7 nitrogen and oxygen atoms in total. The Hall–Kier alpha value is -1.84. The van der Waals surface area contributed by atoms with Crippen LogP contribution >= 0.6 is 12.2 Å². The third kappa shape index (κ3) is 3.63. The summed E-state index contributed by atoms with van der Waals surface area (Å²) in [7, 11) is -1.93. The second-order valence-corrected chi connectivity index (χ2v) is 6.68. The fraction of sp³-hybridized carbons (Fsp3) is 0.250. The van der Waals surface area contributed by atoms with Gasteiger partial charge in [-0.2, -0.15) is 5.10 Å². The average molecular weight is 325 g/mol. The first-order valence-corrected chi connectivity index (χ1v) is 7.93. The van der Waals surface area contributed by atoms with Crippen LogP contribution in [0.1, 0.15) is 17.0 Å². The number of nitrogens with zero attached hydrogens (tertiary/aromatic N) is 3. The maximum absolute atomic E-state index is 12.3. The lowest BCUT2D eigenvalue weighted by Crippen LogP contribution is -2.25. The molecule has 0 radical (unpaired) electrons. The van der Waals surface area contributed by atoms with E-state index in [4.69, 9.17) is 18.0 Å². The number of sulfonamides is 1. The molecular formula is C12H15N5O2S2. The zero-order chi connectivity index (χ0) is 15.6. The largest absolute Gasteiger partial charge is 0.389 e. The molecule has 0 spiro atoms. The lowest BCUT2D eigenvalue weighted by atomic mass is 10.1. The van der Waals surface area contributed by atoms with E-state index in [9.17, 15) is 8.42 Å². The van der Waals surface area contributed by atoms with Gasteiger partial charge in [-0.1, -0.05) is 18.3 Å². The van der Waals surface area contributed by atoms with Gasteiger partial charge in [0.05, 0.1) is 11.4 Å². The van der Waals surface area contributed by atoms with Gasteiger partial charge in [0.2, 0.25) is 10.0 Å². The Kier molecular flexibility index (Phi) is 4.35. The molecule has 0 fully saturated rings. The van der Waals surface area contributed by atoms with Crippen molar-refractivity contribution in [2.24, 2.45) is 12.8 Å². The summed E-state index contributed by atoms with van der Waals surface area (Å²) in [6.07, 6.45) is 1.51. The Morgan fingerprint density at radius 2 is 2.19 bits per heavy atom. The molecule has 1 aromatic heterocycles. The number of nitrogens with one attached hydrogen (secondary N) is 1. The molecular weight excluding hydrogens is 310 g/mol. The number of hydrogen-bond donors (Lipinski definition) is 2. The van der Waals surface area contributed by atoms with E-state index in [-0.39, 0.29) is 16.4 Å². The van der Waals surface area contributed by atoms with Crippen LogP contribution in [0, 0.1) is 6.92 Å². The van der Waals surface area contributed by atoms with Gasteiger partial charge in [-0.25, -0.2) is 18.1 Å². The Bertz CT molecular complexity index is 783. The predicted molar refractivity (Wildman–Crippen MR) is 82.1 cm³/mol. The number of nitrogens with two attached hydrogens (primary N) is 1. The van der Waals surface area contributed by atoms with E-state index in [0.29, 0.717) is 17.0 Å². The summed E-state index contributed by atoms with van der Waals surface area (Å²) in [4.78, 5) is 4.37. The summed E-state index contributed by atoms with van der Waals surface area (Å²) in [6.45, 7) is 1.72. The second-order valence-electron chi connectivity index (χ2n) is 4.50. The smallest absolute Gasteiger partial charge is 0.241 e. The zero-order valence-corrected chi connectivity index (χ0v) is 13.2. The minimum Gasteiger partial charge on any atom is -0.389 e. The van der Waals surface area contributed by atoms with Crippen molar-refractivity contribution in [3.05, 3.63) is 41.5 Å². The number of thiocarbonyl (C=S) groups is 1. The molecule has 0 saturated heterocycles. The molecule has 9 heteroatoms. The van der Waals surface area contributed by atoms with Crippen molar-refractivity contribution in [3.8, 4) is 0 Å². The van der Waals surface area contributed by atoms with Crippen LogP contribution in [-0.2, 0) is 23.6 Å². The molecule has 2 aromatic rings. The first-order chi connectivity index (χ1) is 9.79. The van der Waals surface area contributed by atoms with Crippen LogP contribution in [0.4, 0.5) is 0 Å². The molecule has 0 unspecified atom stereocenters. The van der Waals surface area contributed by atoms with Gasteiger partial charge in [0.15, 0.2) is 5.82 Å². The third-order valence-electron chi connectivity index (χ3n) is 2.82. The van der Waals surface area contributed by atoms with Gasteiger partial charge in [0.1, 0.15) is 11.3 Å². The molecule has 0 aliphatic rings. The molecule has 1 heterocycles. The zero-order valence-electron chi connectivity index (χ0n) is 11.6. The number of aromatic nitrogens is 3. The van der Waals surface area contributed by atoms with Crippen molar-refractivity contribution in [3.63, 3.8) is 0 Å². The molecule has 2 rings (SSSR count). The van der Waals surface area contributed by atoms with E-state index >= 15 is 0 Å². The lowest BCUT2D eigenvalue weighted by Gasteiger charge is -2.09. The van der Waals surface area contributed by atoms with Crippen LogP contribution in [0.3, 0.4) is 0 Å². The van der Waals surface area contributed by atoms with Gasteiger partial charge in [-0.15, -0.1) is 0 Å². The third-order valence-corrected chi connectivity index (χ3v) is 4.61. The van der Waals surface area contributed by atoms with Crippen LogP contribution in [0.25, 0.3) is 0 Å². The monoisotopic (exact) mass is 325 g/mol. The van der Waals surface area contributed by atoms with E-state index in [1.807, 2.05) is 0 Å². The van der Waals surface area contributed by atoms with Crippen molar-refractivity contribution in [1.82, 2.24) is 19.5 Å². The summed E-state index contributed by atoms with van der Waals surface area (Å²) in [5.74, 6) is 0.401. The molecule has 0 amide bonds. The topological polar surface area (TPSA) is 103 Å². The number of rotatable bonds is 5. The fourth-order valence-corrected chi connectivity index (χ4v) is 3.14. The molecule has 0 saturated carbocycles. The van der Waals surface area contributed by atoms with Gasteiger partial charge in [0.25, 0.3) is 0 Å². The van der Waals surface area contributed by atoms with Crippen LogP contribution in [-0.4, -0.2) is 28.2 Å². The number of hydrogen-bond acceptors (Lipinski definition) is 5. The Labute approximate surface area is 128 Å². The van der Waals surface area contributed by atoms with E-state index in [0.717, 1.165) is 0 Å². The van der Waals surface area contributed by atoms with Crippen LogP contribution < -0.4 is 10.5 Å². The molecule has 112 valence electrons. The van der Waals surface area contributed by atoms with Crippen molar-refractivity contribution in [2.75, 3.05) is 0 Å². The van der Waals surface area contributed by atoms with E-state index < -0.39 is 10.0 Å². The minimum atomic E-state index is -3.65. The van der Waals surface area contributed by atoms with Crippen molar-refractivity contribution < 1.29 is 8.42 Å². The second kappa shape index (κ2) is 5.88. The molecule has 0 aliphatic carbocycles. The quantitative estimate of drug-likeness (QED) is 0.763. The van der Waals surface area contributed by atoms with Gasteiger partial charge < -0.3 is 5.73 Å². The van der Waals surface area contributed by atoms with Gasteiger partial charge in [0, 0.05) is 12.6 Å². The van der Waals surface area contributed by atoms with E-state index in [1.165, 1.54) is 17.1 Å². The SMILES string of the molecule is Cc1cc(C(N)=S)ccc1S(=O)(=O)NCc1ncn(C)n1. The molecule has 0 bridgehead atoms. The molecule has 0 aliphatic heterocycles. The maximum atomic E-state index is 12.3. The summed E-state index contributed by atoms with van der Waals surface area (Å²) in [6, 6.07) is 4.72. The first-order valence-electron chi connectivity index (χ1n) is 6.04. The summed E-state index contributed by atoms with van der Waals surface area (Å²) in [5, 5.41) is 4.01. The molecule has 21 heavy (non-hydrogen) atoms. The molecule has 0 atom stereocenters. The highest BCUT2D eigenvalue weighted by atomic mass is 32.2. The summed E-state index contributed by atoms with van der Waals surface area (Å²) < 4.78 is 28.5. The van der Waals surface area contributed by atoms with Gasteiger partial charge >= 0.3 is 0 Å². The van der Waals surface area contributed by atoms with Crippen molar-refractivity contribution >= 4 is 27.2 Å². The van der Waals surface area contributed by atoms with Gasteiger partial charge in [-0.05, 0) is 24.6 Å². The standard InChI is InChI=1S/C12H15N5O2S2/c1-8-5-9(12(13)20)3-4-10(8)21(18,19)15-6-11-14-7-17(2)16-11/h3-5,7,15H,6H2,1-2H3,(H2,13,20). The Balaban J connectivity index is 2.21. The lowest BCUT2D eigenvalue weighted by molar-refractivity contribution is 0.578. The highest BCUT2D eigenvalue weighted by Gasteiger charge is 2.17. The van der Waals surface area contributed by atoms with Crippen LogP contribution in [0.5, 0.6) is 0 Å². The Morgan fingerprint density at radius 1 is 1.48 bits per heavy atom. The maximum Gasteiger partial charge on any atom is 0.241 e. The van der Waals surface area contributed by atoms with Crippen LogP contribution in [0.2, 0.25) is 0 Å². The minimum absolute atomic E-state index is 0.0274. The molecule has 3 N–H and O–H groups in total. The normalized spacial score (nSPS) is 11.5. The molecule has 1 aromatic carbocycles. The van der Waals surface area contributed by atoms with E-state index in [1.54, 1.807) is 26.1 Å². The predicted octanol–water partition coefficient (Wildman–Crippen LogP) is 0.236. The van der Waals surface area contributed by atoms with E-state index in [2.05, 4.69) is 14.8 Å². The van der Waals surface area contributed by atoms with Crippen LogP contribution in [0.15, 0.2) is 29.4 Å². The van der Waals surface area contributed by atoms with Crippen molar-refractivity contribution in [2.45, 2.75) is 18.4 Å². The summed E-state index contributed by atoms with van der Waals surface area (Å²) in [5.41, 5.74) is 6.73. The van der Waals surface area contributed by atoms with Crippen molar-refractivity contribution in [1.29, 1.82) is 0 Å². The Morgan fingerprint density at radius 3 is 2.71 bits per heavy atom. The number of aryl methyl sites for hydroxylation is 2. The first kappa shape index (κ1) is 15.5. The summed E-state index contributed by atoms with van der Waals surface area (Å²) >= 11 is 4.87. The highest BCUT2D eigenvalue weighted by molar-refractivity contribution is 7.89. The average Bonchev–Trinajstić information content (AvgIpc) is 2.82. The van der Waals surface area contributed by atoms with Gasteiger partial charge in [-0.3, -0.25) is 4.68 Å². The number of benzene rings is 1.